The molecular weight excluding hydrogens is 496 g/mol. The van der Waals surface area contributed by atoms with Crippen LogP contribution in [-0.4, -0.2) is 54.4 Å². The molecule has 0 aromatic rings. The molecule has 2 amide bonds. The number of alkyl halides is 1. The molecule has 6 heteroatoms. The van der Waals surface area contributed by atoms with Gasteiger partial charge in [-0.15, -0.1) is 11.6 Å². The highest BCUT2D eigenvalue weighted by molar-refractivity contribution is 6.20. The van der Waals surface area contributed by atoms with Crippen LogP contribution in [0.5, 0.6) is 0 Å². The molecule has 0 spiro atoms. The molecule has 0 aromatic carbocycles. The van der Waals surface area contributed by atoms with E-state index in [1.54, 1.807) is 0 Å². The number of hydrogen-bond donors (Lipinski definition) is 1. The monoisotopic (exact) mass is 550 g/mol. The number of ether oxygens (including phenoxy) is 1. The van der Waals surface area contributed by atoms with Gasteiger partial charge in [0.2, 0.25) is 11.8 Å². The predicted octanol–water partition coefficient (Wildman–Crippen LogP) is 6.81. The third-order valence-electron chi connectivity index (χ3n) is 10.9. The SMILES string of the molecule is COC1CCCC(C2CCCC(C(=O)N[C@@H](C(=O)N3CC[C@H](C4CCC(Cl)CC4)C(C)(C)C3)C(C)C)C2)C1. The summed E-state index contributed by atoms with van der Waals surface area (Å²) in [6, 6.07) is -0.436. The number of rotatable bonds is 7. The van der Waals surface area contributed by atoms with Crippen molar-refractivity contribution in [3.63, 3.8) is 0 Å². The molecule has 1 N–H and O–H groups in total. The van der Waals surface area contributed by atoms with Crippen LogP contribution >= 0.6 is 11.6 Å². The van der Waals surface area contributed by atoms with Crippen molar-refractivity contribution < 1.29 is 14.3 Å². The second-order valence-corrected chi connectivity index (χ2v) is 14.9. The number of piperidine rings is 1. The minimum Gasteiger partial charge on any atom is -0.381 e. The number of hydrogen-bond acceptors (Lipinski definition) is 3. The van der Waals surface area contributed by atoms with Gasteiger partial charge in [0, 0.05) is 31.5 Å². The van der Waals surface area contributed by atoms with Gasteiger partial charge in [0.05, 0.1) is 6.10 Å². The van der Waals surface area contributed by atoms with E-state index < -0.39 is 6.04 Å². The Hall–Kier alpha value is -0.810. The zero-order valence-electron chi connectivity index (χ0n) is 24.9. The molecule has 3 saturated carbocycles. The molecule has 3 aliphatic carbocycles. The third kappa shape index (κ3) is 7.28. The molecule has 4 unspecified atom stereocenters. The van der Waals surface area contributed by atoms with Gasteiger partial charge in [-0.2, -0.15) is 0 Å². The van der Waals surface area contributed by atoms with Crippen LogP contribution in [0.3, 0.4) is 0 Å². The maximum absolute atomic E-state index is 13.8. The Kier molecular flexibility index (Phi) is 10.5. The van der Waals surface area contributed by atoms with E-state index in [1.165, 1.54) is 38.5 Å². The summed E-state index contributed by atoms with van der Waals surface area (Å²) in [5.41, 5.74) is 0.0832. The lowest BCUT2D eigenvalue weighted by Crippen LogP contribution is -2.57. The highest BCUT2D eigenvalue weighted by Gasteiger charge is 2.44. The quantitative estimate of drug-likeness (QED) is 0.354. The number of nitrogens with zero attached hydrogens (tertiary/aromatic N) is 1. The van der Waals surface area contributed by atoms with Crippen LogP contribution in [0.25, 0.3) is 0 Å². The van der Waals surface area contributed by atoms with Gasteiger partial charge in [-0.3, -0.25) is 9.59 Å². The Morgan fingerprint density at radius 3 is 2.18 bits per heavy atom. The van der Waals surface area contributed by atoms with Crippen LogP contribution in [0.15, 0.2) is 0 Å². The molecule has 5 nitrogen and oxygen atoms in total. The molecule has 218 valence electrons. The summed E-state index contributed by atoms with van der Waals surface area (Å²) < 4.78 is 5.68. The van der Waals surface area contributed by atoms with Gasteiger partial charge in [-0.1, -0.05) is 47.0 Å². The molecular formula is C32H55ClN2O3. The second-order valence-electron chi connectivity index (χ2n) is 14.3. The first-order chi connectivity index (χ1) is 18.1. The molecule has 4 aliphatic rings. The number of carbonyl (C=O) groups excluding carboxylic acids is 2. The summed E-state index contributed by atoms with van der Waals surface area (Å²) in [5.74, 6) is 2.98. The summed E-state index contributed by atoms with van der Waals surface area (Å²) in [6.07, 6.45) is 15.2. The van der Waals surface area contributed by atoms with E-state index in [1.807, 2.05) is 7.11 Å². The number of nitrogens with one attached hydrogen (secondary N) is 1. The van der Waals surface area contributed by atoms with Crippen molar-refractivity contribution in [3.8, 4) is 0 Å². The number of methoxy groups -OCH3 is 1. The molecule has 0 radical (unpaired) electrons. The van der Waals surface area contributed by atoms with Crippen molar-refractivity contribution in [3.05, 3.63) is 0 Å². The molecule has 1 saturated heterocycles. The predicted molar refractivity (Wildman–Crippen MR) is 155 cm³/mol. The Morgan fingerprint density at radius 2 is 1.55 bits per heavy atom. The first-order valence-electron chi connectivity index (χ1n) is 15.8. The number of carbonyl (C=O) groups is 2. The van der Waals surface area contributed by atoms with Gasteiger partial charge in [0.1, 0.15) is 6.04 Å². The van der Waals surface area contributed by atoms with Gasteiger partial charge >= 0.3 is 0 Å². The second kappa shape index (κ2) is 13.2. The molecule has 1 heterocycles. The van der Waals surface area contributed by atoms with Crippen LogP contribution in [0.1, 0.15) is 111 Å². The highest BCUT2D eigenvalue weighted by atomic mass is 35.5. The maximum atomic E-state index is 13.8. The van der Waals surface area contributed by atoms with Gasteiger partial charge in [0.25, 0.3) is 0 Å². The molecule has 0 aromatic heterocycles. The lowest BCUT2D eigenvalue weighted by molar-refractivity contribution is -0.143. The third-order valence-corrected chi connectivity index (χ3v) is 11.3. The van der Waals surface area contributed by atoms with Crippen molar-refractivity contribution in [1.29, 1.82) is 0 Å². The molecule has 0 bridgehead atoms. The van der Waals surface area contributed by atoms with E-state index in [-0.39, 0.29) is 29.1 Å². The smallest absolute Gasteiger partial charge is 0.245 e. The zero-order valence-corrected chi connectivity index (χ0v) is 25.6. The van der Waals surface area contributed by atoms with Gasteiger partial charge < -0.3 is 15.0 Å². The fraction of sp³-hybridized carbons (Fsp3) is 0.938. The first-order valence-corrected chi connectivity index (χ1v) is 16.3. The standard InChI is InChI=1S/C32H55ClN2O3/c1-21(2)29(31(37)35-17-16-28(32(3,4)20-35)22-12-14-26(33)15-13-22)34-30(36)25-10-6-8-23(18-25)24-9-7-11-27(19-24)38-5/h21-29H,6-20H2,1-5H3,(H,34,36)/t22?,23?,24?,25?,26?,27?,28-,29-/m1/s1. The minimum atomic E-state index is -0.436. The van der Waals surface area contributed by atoms with Crippen LogP contribution in [0, 0.1) is 40.9 Å². The lowest BCUT2D eigenvalue weighted by Gasteiger charge is -2.49. The van der Waals surface area contributed by atoms with Crippen molar-refractivity contribution in [2.75, 3.05) is 20.2 Å². The van der Waals surface area contributed by atoms with E-state index in [0.29, 0.717) is 29.2 Å². The van der Waals surface area contributed by atoms with Gasteiger partial charge in [-0.05, 0) is 99.2 Å². The highest BCUT2D eigenvalue weighted by Crippen LogP contribution is 2.46. The molecule has 1 aliphatic heterocycles. The molecule has 6 atom stereocenters. The van der Waals surface area contributed by atoms with E-state index in [4.69, 9.17) is 16.3 Å². The van der Waals surface area contributed by atoms with Crippen LogP contribution in [0.4, 0.5) is 0 Å². The van der Waals surface area contributed by atoms with E-state index in [9.17, 15) is 9.59 Å². The Bertz CT molecular complexity index is 794. The fourth-order valence-electron chi connectivity index (χ4n) is 8.62. The van der Waals surface area contributed by atoms with Crippen molar-refractivity contribution in [2.24, 2.45) is 40.9 Å². The van der Waals surface area contributed by atoms with Crippen molar-refractivity contribution in [2.45, 2.75) is 129 Å². The van der Waals surface area contributed by atoms with Gasteiger partial charge in [-0.25, -0.2) is 0 Å². The van der Waals surface area contributed by atoms with E-state index in [0.717, 1.165) is 64.0 Å². The Balaban J connectivity index is 1.34. The van der Waals surface area contributed by atoms with E-state index >= 15 is 0 Å². The number of likely N-dealkylation sites (tertiary alicyclic amines) is 1. The number of amides is 2. The van der Waals surface area contributed by atoms with Crippen molar-refractivity contribution in [1.82, 2.24) is 10.2 Å². The average molecular weight is 551 g/mol. The summed E-state index contributed by atoms with van der Waals surface area (Å²) in [7, 11) is 1.84. The summed E-state index contributed by atoms with van der Waals surface area (Å²) >= 11 is 6.39. The van der Waals surface area contributed by atoms with E-state index in [2.05, 4.69) is 37.9 Å². The summed E-state index contributed by atoms with van der Waals surface area (Å²) in [4.78, 5) is 29.4. The van der Waals surface area contributed by atoms with Crippen molar-refractivity contribution >= 4 is 23.4 Å². The largest absolute Gasteiger partial charge is 0.381 e. The summed E-state index contributed by atoms with van der Waals surface area (Å²) in [6.45, 7) is 10.4. The van der Waals surface area contributed by atoms with Crippen LogP contribution in [-0.2, 0) is 14.3 Å². The average Bonchev–Trinajstić information content (AvgIpc) is 2.91. The zero-order chi connectivity index (χ0) is 27.4. The molecule has 4 rings (SSSR count). The Labute approximate surface area is 237 Å². The minimum absolute atomic E-state index is 0.0324. The first kappa shape index (κ1) is 30.2. The number of halogens is 1. The topological polar surface area (TPSA) is 58.6 Å². The maximum Gasteiger partial charge on any atom is 0.245 e. The lowest BCUT2D eigenvalue weighted by atomic mass is 9.64. The Morgan fingerprint density at radius 1 is 0.895 bits per heavy atom. The van der Waals surface area contributed by atoms with Crippen LogP contribution < -0.4 is 5.32 Å². The van der Waals surface area contributed by atoms with Crippen LogP contribution in [0.2, 0.25) is 0 Å². The molecule has 38 heavy (non-hydrogen) atoms. The molecule has 4 fully saturated rings. The normalized spacial score (nSPS) is 37.0. The summed E-state index contributed by atoms with van der Waals surface area (Å²) in [5, 5.41) is 3.61. The fourth-order valence-corrected chi connectivity index (χ4v) is 8.87. The van der Waals surface area contributed by atoms with Gasteiger partial charge in [0.15, 0.2) is 0 Å².